The molecule has 0 aliphatic heterocycles. The second-order valence-corrected chi connectivity index (χ2v) is 16.2. The lowest BCUT2D eigenvalue weighted by Crippen LogP contribution is -2.25. The van der Waals surface area contributed by atoms with Crippen molar-refractivity contribution in [1.82, 2.24) is 4.98 Å². The van der Waals surface area contributed by atoms with Crippen molar-refractivity contribution in [2.24, 2.45) is 0 Å². The Morgan fingerprint density at radius 2 is 0.574 bits per heavy atom. The number of hydrogen-bond acceptors (Lipinski definition) is 1. The zero-order valence-electron chi connectivity index (χ0n) is 33.5. The second-order valence-electron chi connectivity index (χ2n) is 16.2. The van der Waals surface area contributed by atoms with E-state index in [4.69, 9.17) is 4.98 Å². The minimum absolute atomic E-state index is 0.363. The van der Waals surface area contributed by atoms with E-state index in [1.54, 1.807) is 0 Å². The molecule has 1 heteroatoms. The summed E-state index contributed by atoms with van der Waals surface area (Å²) in [7, 11) is 0. The van der Waals surface area contributed by atoms with E-state index < -0.39 is 0 Å². The van der Waals surface area contributed by atoms with Crippen molar-refractivity contribution in [3.63, 3.8) is 0 Å². The molecule has 12 rings (SSSR count). The van der Waals surface area contributed by atoms with Gasteiger partial charge in [0.15, 0.2) is 0 Å². The van der Waals surface area contributed by atoms with Crippen LogP contribution in [0.1, 0.15) is 22.3 Å². The van der Waals surface area contributed by atoms with Gasteiger partial charge in [-0.15, -0.1) is 0 Å². The molecule has 2 aliphatic rings. The molecule has 0 fully saturated rings. The first-order chi connectivity index (χ1) is 30.2. The highest BCUT2D eigenvalue weighted by molar-refractivity contribution is 6.00. The molecule has 0 saturated carbocycles. The van der Waals surface area contributed by atoms with E-state index in [9.17, 15) is 0 Å². The predicted octanol–water partition coefficient (Wildman–Crippen LogP) is 15.4. The molecule has 1 nitrogen and oxygen atoms in total. The van der Waals surface area contributed by atoms with Gasteiger partial charge in [0.05, 0.1) is 16.8 Å². The van der Waals surface area contributed by atoms with Gasteiger partial charge in [0.1, 0.15) is 0 Å². The molecule has 0 bridgehead atoms. The third-order valence-corrected chi connectivity index (χ3v) is 12.9. The molecular formula is C60H39N. The molecule has 0 saturated heterocycles. The summed E-state index contributed by atoms with van der Waals surface area (Å²) in [4.78, 5) is 5.12. The molecule has 1 heterocycles. The fourth-order valence-electron chi connectivity index (χ4n) is 10.2. The molecule has 61 heavy (non-hydrogen) atoms. The molecule has 0 amide bonds. The number of benzene rings is 9. The fourth-order valence-corrected chi connectivity index (χ4v) is 10.2. The molecule has 284 valence electrons. The standard InChI is InChI=1S/C60H39N/c1-3-17-40(18-4-1)57-38-48(39-58(61-57)41-19-5-2-6-20-41)46-25-14-23-44(36-46)42-21-13-22-43(35-42)45-24-15-26-47(37-45)49-30-16-34-56-59(49)52-29-9-12-33-55(52)60(56)53-31-10-7-27-50(53)51-28-8-11-32-54(51)60/h1-39H. The van der Waals surface area contributed by atoms with Gasteiger partial charge in [-0.25, -0.2) is 4.98 Å². The van der Waals surface area contributed by atoms with Crippen molar-refractivity contribution in [2.45, 2.75) is 5.41 Å². The summed E-state index contributed by atoms with van der Waals surface area (Å²) < 4.78 is 0. The van der Waals surface area contributed by atoms with E-state index in [2.05, 4.69) is 237 Å². The highest BCUT2D eigenvalue weighted by atomic mass is 14.7. The highest BCUT2D eigenvalue weighted by Gasteiger charge is 2.51. The van der Waals surface area contributed by atoms with E-state index in [1.165, 1.54) is 77.9 Å². The van der Waals surface area contributed by atoms with Gasteiger partial charge >= 0.3 is 0 Å². The van der Waals surface area contributed by atoms with Gasteiger partial charge in [0, 0.05) is 11.1 Å². The van der Waals surface area contributed by atoms with E-state index in [1.807, 2.05) is 0 Å². The quantitative estimate of drug-likeness (QED) is 0.164. The Kier molecular flexibility index (Phi) is 8.15. The normalized spacial score (nSPS) is 12.7. The van der Waals surface area contributed by atoms with Gasteiger partial charge in [-0.3, -0.25) is 0 Å². The fraction of sp³-hybridized carbons (Fsp3) is 0.0167. The average Bonchev–Trinajstić information content (AvgIpc) is 3.82. The number of hydrogen-bond donors (Lipinski definition) is 0. The summed E-state index contributed by atoms with van der Waals surface area (Å²) in [5.41, 5.74) is 24.0. The van der Waals surface area contributed by atoms with Crippen LogP contribution >= 0.6 is 0 Å². The molecule has 0 unspecified atom stereocenters. The first kappa shape index (κ1) is 35.1. The van der Waals surface area contributed by atoms with Gasteiger partial charge in [0.2, 0.25) is 0 Å². The van der Waals surface area contributed by atoms with E-state index in [0.717, 1.165) is 33.6 Å². The van der Waals surface area contributed by atoms with Crippen LogP contribution in [0.15, 0.2) is 237 Å². The van der Waals surface area contributed by atoms with Crippen LogP contribution in [0.5, 0.6) is 0 Å². The number of aromatic nitrogens is 1. The lowest BCUT2D eigenvalue weighted by molar-refractivity contribution is 0.794. The van der Waals surface area contributed by atoms with Crippen LogP contribution in [-0.4, -0.2) is 4.98 Å². The number of fused-ring (bicyclic) bond motifs is 10. The zero-order chi connectivity index (χ0) is 40.3. The van der Waals surface area contributed by atoms with Crippen molar-refractivity contribution in [2.75, 3.05) is 0 Å². The minimum Gasteiger partial charge on any atom is -0.248 e. The second kappa shape index (κ2) is 14.2. The summed E-state index contributed by atoms with van der Waals surface area (Å²) in [6.45, 7) is 0. The van der Waals surface area contributed by atoms with Crippen LogP contribution in [0.3, 0.4) is 0 Å². The van der Waals surface area contributed by atoms with Crippen LogP contribution in [0, 0.1) is 0 Å². The van der Waals surface area contributed by atoms with Crippen molar-refractivity contribution in [3.05, 3.63) is 259 Å². The summed E-state index contributed by atoms with van der Waals surface area (Å²) in [5.74, 6) is 0. The Bertz CT molecular complexity index is 3200. The third-order valence-electron chi connectivity index (χ3n) is 12.9. The van der Waals surface area contributed by atoms with Crippen LogP contribution < -0.4 is 0 Å². The van der Waals surface area contributed by atoms with Gasteiger partial charge < -0.3 is 0 Å². The summed E-state index contributed by atoms with van der Waals surface area (Å²) in [6, 6.07) is 86.4. The lowest BCUT2D eigenvalue weighted by Gasteiger charge is -2.30. The van der Waals surface area contributed by atoms with Crippen LogP contribution in [0.4, 0.5) is 0 Å². The molecule has 1 spiro atoms. The van der Waals surface area contributed by atoms with Gasteiger partial charge in [-0.2, -0.15) is 0 Å². The Balaban J connectivity index is 0.941. The number of pyridine rings is 1. The molecule has 0 N–H and O–H groups in total. The molecule has 0 atom stereocenters. The van der Waals surface area contributed by atoms with Crippen LogP contribution in [0.2, 0.25) is 0 Å². The Morgan fingerprint density at radius 1 is 0.230 bits per heavy atom. The summed E-state index contributed by atoms with van der Waals surface area (Å²) in [6.07, 6.45) is 0. The van der Waals surface area contributed by atoms with Crippen molar-refractivity contribution < 1.29 is 0 Å². The minimum atomic E-state index is -0.363. The van der Waals surface area contributed by atoms with E-state index in [0.29, 0.717) is 0 Å². The molecular weight excluding hydrogens is 735 g/mol. The monoisotopic (exact) mass is 773 g/mol. The summed E-state index contributed by atoms with van der Waals surface area (Å²) in [5, 5.41) is 0. The first-order valence-corrected chi connectivity index (χ1v) is 21.1. The zero-order valence-corrected chi connectivity index (χ0v) is 33.5. The number of rotatable bonds is 6. The highest BCUT2D eigenvalue weighted by Crippen LogP contribution is 2.64. The summed E-state index contributed by atoms with van der Waals surface area (Å²) >= 11 is 0. The largest absolute Gasteiger partial charge is 0.248 e. The molecule has 1 aromatic heterocycles. The number of nitrogens with zero attached hydrogens (tertiary/aromatic N) is 1. The Morgan fingerprint density at radius 3 is 1.10 bits per heavy atom. The van der Waals surface area contributed by atoms with E-state index >= 15 is 0 Å². The van der Waals surface area contributed by atoms with Crippen molar-refractivity contribution in [1.29, 1.82) is 0 Å². The lowest BCUT2D eigenvalue weighted by atomic mass is 9.70. The topological polar surface area (TPSA) is 12.9 Å². The van der Waals surface area contributed by atoms with Crippen molar-refractivity contribution in [3.8, 4) is 89.3 Å². The van der Waals surface area contributed by atoms with E-state index in [-0.39, 0.29) is 5.41 Å². The maximum Gasteiger partial charge on any atom is 0.0725 e. The van der Waals surface area contributed by atoms with Gasteiger partial charge in [-0.1, -0.05) is 206 Å². The maximum absolute atomic E-state index is 5.12. The van der Waals surface area contributed by atoms with Gasteiger partial charge in [0.25, 0.3) is 0 Å². The van der Waals surface area contributed by atoms with Crippen LogP contribution in [0.25, 0.3) is 89.3 Å². The van der Waals surface area contributed by atoms with Crippen LogP contribution in [-0.2, 0) is 5.41 Å². The molecule has 0 radical (unpaired) electrons. The Hall–Kier alpha value is -7.87. The Labute approximate surface area is 357 Å². The predicted molar refractivity (Wildman–Crippen MR) is 253 cm³/mol. The van der Waals surface area contributed by atoms with Gasteiger partial charge in [-0.05, 0) is 119 Å². The average molecular weight is 774 g/mol. The maximum atomic E-state index is 5.12. The smallest absolute Gasteiger partial charge is 0.0725 e. The molecule has 2 aliphatic carbocycles. The first-order valence-electron chi connectivity index (χ1n) is 21.1. The van der Waals surface area contributed by atoms with Crippen molar-refractivity contribution >= 4 is 0 Å². The third kappa shape index (κ3) is 5.59. The molecule has 10 aromatic rings. The SMILES string of the molecule is c1ccc(-c2cc(-c3cccc(-c4cccc(-c5cccc(-c6cccc7c6-c6ccccc6C76c7ccccc7-c7ccccc76)c5)c4)c3)cc(-c3ccccc3)n2)cc1. The molecule has 9 aromatic carbocycles.